The lowest BCUT2D eigenvalue weighted by Crippen LogP contribution is -2.13. The Bertz CT molecular complexity index is 865. The zero-order chi connectivity index (χ0) is 17.6. The number of rotatable bonds is 7. The second-order valence-electron chi connectivity index (χ2n) is 5.69. The van der Waals surface area contributed by atoms with Crippen molar-refractivity contribution in [3.05, 3.63) is 59.9 Å². The molecule has 5 heteroatoms. The van der Waals surface area contributed by atoms with Crippen molar-refractivity contribution in [2.45, 2.75) is 13.3 Å². The van der Waals surface area contributed by atoms with Gasteiger partial charge >= 0.3 is 5.97 Å². The van der Waals surface area contributed by atoms with Crippen molar-refractivity contribution in [2.75, 3.05) is 20.3 Å². The molecule has 0 aliphatic rings. The number of carbonyl (C=O) groups excluding carboxylic acids is 1. The molecule has 0 unspecified atom stereocenters. The minimum Gasteiger partial charge on any atom is -0.497 e. The van der Waals surface area contributed by atoms with Crippen LogP contribution in [0.2, 0.25) is 0 Å². The van der Waals surface area contributed by atoms with Crippen LogP contribution >= 0.6 is 0 Å². The average Bonchev–Trinajstić information content (AvgIpc) is 3.01. The van der Waals surface area contributed by atoms with Gasteiger partial charge in [0.2, 0.25) is 0 Å². The molecule has 3 rings (SSSR count). The highest BCUT2D eigenvalue weighted by Crippen LogP contribution is 2.26. The second kappa shape index (κ2) is 7.75. The molecule has 25 heavy (non-hydrogen) atoms. The molecule has 5 nitrogen and oxygen atoms in total. The molecule has 3 aromatic rings. The number of furan rings is 1. The Morgan fingerprint density at radius 3 is 2.76 bits per heavy atom. The SMILES string of the molecule is COc1ccc2c(CC(=O)OCCOc3cccc(C)c3)coc2c1. The minimum absolute atomic E-state index is 0.157. The van der Waals surface area contributed by atoms with E-state index in [-0.39, 0.29) is 19.0 Å². The second-order valence-corrected chi connectivity index (χ2v) is 5.69. The summed E-state index contributed by atoms with van der Waals surface area (Å²) >= 11 is 0. The molecule has 0 aliphatic carbocycles. The molecule has 130 valence electrons. The summed E-state index contributed by atoms with van der Waals surface area (Å²) in [6, 6.07) is 13.2. The lowest BCUT2D eigenvalue weighted by molar-refractivity contribution is -0.143. The first kappa shape index (κ1) is 16.9. The summed E-state index contributed by atoms with van der Waals surface area (Å²) < 4.78 is 21.4. The molecule has 0 atom stereocenters. The Hall–Kier alpha value is -2.95. The molecule has 0 spiro atoms. The molecule has 0 fully saturated rings. The van der Waals surface area contributed by atoms with Gasteiger partial charge in [-0.3, -0.25) is 4.79 Å². The number of aryl methyl sites for hydroxylation is 1. The molecule has 2 aromatic carbocycles. The van der Waals surface area contributed by atoms with Gasteiger partial charge in [-0.2, -0.15) is 0 Å². The number of hydrogen-bond acceptors (Lipinski definition) is 5. The molecule has 0 amide bonds. The van der Waals surface area contributed by atoms with Gasteiger partial charge < -0.3 is 18.6 Å². The molecule has 0 N–H and O–H groups in total. The Morgan fingerprint density at radius 1 is 1.08 bits per heavy atom. The van der Waals surface area contributed by atoms with Gasteiger partial charge in [-0.1, -0.05) is 12.1 Å². The van der Waals surface area contributed by atoms with Crippen LogP contribution in [0.1, 0.15) is 11.1 Å². The standard InChI is InChI=1S/C20H20O5/c1-14-4-3-5-17(10-14)23-8-9-24-20(21)11-15-13-25-19-12-16(22-2)6-7-18(15)19/h3-7,10,12-13H,8-9,11H2,1-2H3. The number of carbonyl (C=O) groups is 1. The van der Waals surface area contributed by atoms with E-state index in [0.717, 1.165) is 22.3 Å². The summed E-state index contributed by atoms with van der Waals surface area (Å²) in [7, 11) is 1.60. The van der Waals surface area contributed by atoms with Gasteiger partial charge in [0.1, 0.15) is 30.3 Å². The summed E-state index contributed by atoms with van der Waals surface area (Å²) in [5, 5.41) is 0.883. The highest BCUT2D eigenvalue weighted by Gasteiger charge is 2.12. The van der Waals surface area contributed by atoms with Gasteiger partial charge in [-0.25, -0.2) is 0 Å². The van der Waals surface area contributed by atoms with Gasteiger partial charge in [0.05, 0.1) is 19.8 Å². The molecule has 0 bridgehead atoms. The number of methoxy groups -OCH3 is 1. The highest BCUT2D eigenvalue weighted by atomic mass is 16.6. The van der Waals surface area contributed by atoms with Crippen molar-refractivity contribution >= 4 is 16.9 Å². The van der Waals surface area contributed by atoms with Gasteiger partial charge in [-0.05, 0) is 36.8 Å². The van der Waals surface area contributed by atoms with Crippen LogP contribution in [0.3, 0.4) is 0 Å². The van der Waals surface area contributed by atoms with Crippen molar-refractivity contribution < 1.29 is 23.4 Å². The third-order valence-electron chi connectivity index (χ3n) is 3.80. The van der Waals surface area contributed by atoms with Crippen LogP contribution in [0.4, 0.5) is 0 Å². The summed E-state index contributed by atoms with van der Waals surface area (Å²) in [6.45, 7) is 2.52. The fourth-order valence-corrected chi connectivity index (χ4v) is 2.55. The van der Waals surface area contributed by atoms with E-state index >= 15 is 0 Å². The zero-order valence-corrected chi connectivity index (χ0v) is 14.3. The Kier molecular flexibility index (Phi) is 5.23. The molecular weight excluding hydrogens is 320 g/mol. The van der Waals surface area contributed by atoms with Crippen molar-refractivity contribution in [1.82, 2.24) is 0 Å². The number of ether oxygens (including phenoxy) is 3. The van der Waals surface area contributed by atoms with Crippen LogP contribution in [0, 0.1) is 6.92 Å². The zero-order valence-electron chi connectivity index (χ0n) is 14.3. The van der Waals surface area contributed by atoms with E-state index in [1.54, 1.807) is 19.4 Å². The molecule has 0 saturated heterocycles. The van der Waals surface area contributed by atoms with Gasteiger partial charge in [0.25, 0.3) is 0 Å². The summed E-state index contributed by atoms with van der Waals surface area (Å²) in [5.74, 6) is 1.17. The fourth-order valence-electron chi connectivity index (χ4n) is 2.55. The summed E-state index contributed by atoms with van der Waals surface area (Å²) in [6.07, 6.45) is 1.73. The van der Waals surface area contributed by atoms with E-state index in [4.69, 9.17) is 18.6 Å². The van der Waals surface area contributed by atoms with Crippen LogP contribution in [0.15, 0.2) is 53.1 Å². The van der Waals surface area contributed by atoms with E-state index in [9.17, 15) is 4.79 Å². The Labute approximate surface area is 146 Å². The first-order valence-electron chi connectivity index (χ1n) is 8.05. The fraction of sp³-hybridized carbons (Fsp3) is 0.250. The Morgan fingerprint density at radius 2 is 1.96 bits per heavy atom. The van der Waals surface area contributed by atoms with E-state index in [1.165, 1.54) is 0 Å². The first-order chi connectivity index (χ1) is 12.2. The first-order valence-corrected chi connectivity index (χ1v) is 8.05. The van der Waals surface area contributed by atoms with Crippen molar-refractivity contribution in [2.24, 2.45) is 0 Å². The summed E-state index contributed by atoms with van der Waals surface area (Å²) in [5.41, 5.74) is 2.60. The van der Waals surface area contributed by atoms with E-state index in [1.807, 2.05) is 43.3 Å². The van der Waals surface area contributed by atoms with Crippen LogP contribution in [0.25, 0.3) is 11.0 Å². The summed E-state index contributed by atoms with van der Waals surface area (Å²) in [4.78, 5) is 12.0. The van der Waals surface area contributed by atoms with Gasteiger partial charge in [0.15, 0.2) is 0 Å². The molecular formula is C20H20O5. The van der Waals surface area contributed by atoms with Gasteiger partial charge in [-0.15, -0.1) is 0 Å². The third-order valence-corrected chi connectivity index (χ3v) is 3.80. The molecule has 0 aliphatic heterocycles. The maximum absolute atomic E-state index is 12.0. The number of hydrogen-bond donors (Lipinski definition) is 0. The number of benzene rings is 2. The van der Waals surface area contributed by atoms with E-state index in [0.29, 0.717) is 17.9 Å². The maximum atomic E-state index is 12.0. The lowest BCUT2D eigenvalue weighted by atomic mass is 10.1. The number of fused-ring (bicyclic) bond motifs is 1. The average molecular weight is 340 g/mol. The van der Waals surface area contributed by atoms with E-state index < -0.39 is 0 Å². The highest BCUT2D eigenvalue weighted by molar-refractivity contribution is 5.86. The van der Waals surface area contributed by atoms with Crippen molar-refractivity contribution in [1.29, 1.82) is 0 Å². The van der Waals surface area contributed by atoms with E-state index in [2.05, 4.69) is 0 Å². The third kappa shape index (κ3) is 4.32. The molecule has 1 heterocycles. The van der Waals surface area contributed by atoms with Crippen LogP contribution in [-0.4, -0.2) is 26.3 Å². The van der Waals surface area contributed by atoms with Crippen LogP contribution in [-0.2, 0) is 16.0 Å². The minimum atomic E-state index is -0.314. The molecule has 0 radical (unpaired) electrons. The van der Waals surface area contributed by atoms with Crippen LogP contribution in [0.5, 0.6) is 11.5 Å². The predicted octanol–water partition coefficient (Wildman–Crippen LogP) is 3.91. The van der Waals surface area contributed by atoms with Gasteiger partial charge in [0, 0.05) is 17.0 Å². The largest absolute Gasteiger partial charge is 0.497 e. The predicted molar refractivity (Wildman–Crippen MR) is 94.1 cm³/mol. The lowest BCUT2D eigenvalue weighted by Gasteiger charge is -2.07. The molecule has 0 saturated carbocycles. The normalized spacial score (nSPS) is 10.6. The topological polar surface area (TPSA) is 57.9 Å². The monoisotopic (exact) mass is 340 g/mol. The smallest absolute Gasteiger partial charge is 0.310 e. The van der Waals surface area contributed by atoms with Crippen molar-refractivity contribution in [3.63, 3.8) is 0 Å². The Balaban J connectivity index is 1.49. The van der Waals surface area contributed by atoms with Crippen LogP contribution < -0.4 is 9.47 Å². The maximum Gasteiger partial charge on any atom is 0.310 e. The van der Waals surface area contributed by atoms with Crippen molar-refractivity contribution in [3.8, 4) is 11.5 Å². The number of esters is 1. The quantitative estimate of drug-likeness (QED) is 0.482. The molecule has 1 aromatic heterocycles.